The van der Waals surface area contributed by atoms with E-state index in [4.69, 9.17) is 41.9 Å². The molecule has 0 atom stereocenters. The standard InChI is InChI=1S/C25H28Cl2N4O5/c1-33-20-10-15(11-21(34-2)23(20)35-3)13-28-25(32)16-6-8-31(9-7-16)14-22-29-24(30-36-22)18-5-4-17(26)12-19(18)27/h4-5,10-12,16H,6-9,13-14H2,1-3H3,(H,28,32). The number of amides is 1. The summed E-state index contributed by atoms with van der Waals surface area (Å²) in [6.07, 6.45) is 1.48. The summed E-state index contributed by atoms with van der Waals surface area (Å²) in [6, 6.07) is 8.81. The molecule has 4 rings (SSSR count). The van der Waals surface area contributed by atoms with Gasteiger partial charge in [-0.15, -0.1) is 0 Å². The zero-order valence-electron chi connectivity index (χ0n) is 20.3. The Hall–Kier alpha value is -3.01. The van der Waals surface area contributed by atoms with Crippen LogP contribution in [0.5, 0.6) is 17.2 Å². The highest BCUT2D eigenvalue weighted by molar-refractivity contribution is 6.36. The number of hydrogen-bond acceptors (Lipinski definition) is 8. The third kappa shape index (κ3) is 6.03. The van der Waals surface area contributed by atoms with Crippen molar-refractivity contribution in [3.8, 4) is 28.6 Å². The molecule has 36 heavy (non-hydrogen) atoms. The second-order valence-electron chi connectivity index (χ2n) is 8.44. The van der Waals surface area contributed by atoms with Gasteiger partial charge in [-0.25, -0.2) is 0 Å². The van der Waals surface area contributed by atoms with E-state index in [1.165, 1.54) is 0 Å². The summed E-state index contributed by atoms with van der Waals surface area (Å²) in [4.78, 5) is 19.5. The van der Waals surface area contributed by atoms with Gasteiger partial charge in [0.15, 0.2) is 11.5 Å². The van der Waals surface area contributed by atoms with Crippen LogP contribution in [0, 0.1) is 5.92 Å². The Bertz CT molecular complexity index is 1190. The highest BCUT2D eigenvalue weighted by atomic mass is 35.5. The fourth-order valence-corrected chi connectivity index (χ4v) is 4.71. The first-order valence-electron chi connectivity index (χ1n) is 11.5. The Kier molecular flexibility index (Phi) is 8.56. The molecule has 1 amide bonds. The van der Waals surface area contributed by atoms with Crippen molar-refractivity contribution in [1.29, 1.82) is 0 Å². The third-order valence-electron chi connectivity index (χ3n) is 6.15. The topological polar surface area (TPSA) is 99.0 Å². The predicted octanol–water partition coefficient (Wildman–Crippen LogP) is 4.60. The van der Waals surface area contributed by atoms with Gasteiger partial charge in [0.05, 0.1) is 32.9 Å². The largest absolute Gasteiger partial charge is 0.493 e. The number of likely N-dealkylation sites (tertiary alicyclic amines) is 1. The van der Waals surface area contributed by atoms with Crippen molar-refractivity contribution >= 4 is 29.1 Å². The summed E-state index contributed by atoms with van der Waals surface area (Å²) in [7, 11) is 4.69. The molecule has 1 fully saturated rings. The van der Waals surface area contributed by atoms with Crippen molar-refractivity contribution < 1.29 is 23.5 Å². The SMILES string of the molecule is COc1cc(CNC(=O)C2CCN(Cc3nc(-c4ccc(Cl)cc4Cl)no3)CC2)cc(OC)c1OC. The Morgan fingerprint density at radius 2 is 1.78 bits per heavy atom. The van der Waals surface area contributed by atoms with Crippen LogP contribution in [0.3, 0.4) is 0 Å². The molecule has 3 aromatic rings. The number of ether oxygens (including phenoxy) is 3. The maximum atomic E-state index is 12.8. The van der Waals surface area contributed by atoms with Crippen LogP contribution in [-0.4, -0.2) is 55.4 Å². The molecule has 1 aliphatic rings. The summed E-state index contributed by atoms with van der Waals surface area (Å²) in [5.74, 6) is 2.52. The van der Waals surface area contributed by atoms with Crippen LogP contribution in [0.4, 0.5) is 0 Å². The lowest BCUT2D eigenvalue weighted by atomic mass is 9.96. The minimum absolute atomic E-state index is 0.0286. The van der Waals surface area contributed by atoms with E-state index in [0.29, 0.717) is 57.7 Å². The van der Waals surface area contributed by atoms with Gasteiger partial charge in [0, 0.05) is 23.0 Å². The van der Waals surface area contributed by atoms with Gasteiger partial charge >= 0.3 is 0 Å². The number of halogens is 2. The molecule has 11 heteroatoms. The summed E-state index contributed by atoms with van der Waals surface area (Å²) in [5.41, 5.74) is 1.53. The maximum absolute atomic E-state index is 12.8. The van der Waals surface area contributed by atoms with Crippen LogP contribution in [0.2, 0.25) is 10.0 Å². The van der Waals surface area contributed by atoms with Gasteiger partial charge in [-0.2, -0.15) is 4.98 Å². The number of nitrogens with zero attached hydrogens (tertiary/aromatic N) is 3. The minimum atomic E-state index is -0.0607. The molecular formula is C25H28Cl2N4O5. The average Bonchev–Trinajstić information content (AvgIpc) is 3.34. The molecule has 9 nitrogen and oxygen atoms in total. The van der Waals surface area contributed by atoms with Crippen molar-refractivity contribution in [2.24, 2.45) is 5.92 Å². The second kappa shape index (κ2) is 11.8. The third-order valence-corrected chi connectivity index (χ3v) is 6.70. The summed E-state index contributed by atoms with van der Waals surface area (Å²) >= 11 is 12.2. The van der Waals surface area contributed by atoms with Gasteiger partial charge in [0.2, 0.25) is 23.4 Å². The summed E-state index contributed by atoms with van der Waals surface area (Å²) in [6.45, 7) is 2.38. The molecular weight excluding hydrogens is 507 g/mol. The number of carbonyl (C=O) groups excluding carboxylic acids is 1. The van der Waals surface area contributed by atoms with Gasteiger partial charge in [-0.3, -0.25) is 9.69 Å². The normalized spacial score (nSPS) is 14.5. The first kappa shape index (κ1) is 26.1. The van der Waals surface area contributed by atoms with Gasteiger partial charge in [0.25, 0.3) is 0 Å². The van der Waals surface area contributed by atoms with Gasteiger partial charge in [-0.05, 0) is 61.8 Å². The fraction of sp³-hybridized carbons (Fsp3) is 0.400. The number of nitrogens with one attached hydrogen (secondary N) is 1. The van der Waals surface area contributed by atoms with Crippen LogP contribution < -0.4 is 19.5 Å². The first-order chi connectivity index (χ1) is 17.4. The van der Waals surface area contributed by atoms with E-state index < -0.39 is 0 Å². The van der Waals surface area contributed by atoms with E-state index in [0.717, 1.165) is 31.5 Å². The first-order valence-corrected chi connectivity index (χ1v) is 12.2. The second-order valence-corrected chi connectivity index (χ2v) is 9.28. The van der Waals surface area contributed by atoms with E-state index in [1.54, 1.807) is 39.5 Å². The van der Waals surface area contributed by atoms with Gasteiger partial charge in [0.1, 0.15) is 0 Å². The van der Waals surface area contributed by atoms with E-state index in [9.17, 15) is 4.79 Å². The van der Waals surface area contributed by atoms with Crippen molar-refractivity contribution in [1.82, 2.24) is 20.4 Å². The lowest BCUT2D eigenvalue weighted by Crippen LogP contribution is -2.40. The fourth-order valence-electron chi connectivity index (χ4n) is 4.21. The molecule has 1 aromatic heterocycles. The van der Waals surface area contributed by atoms with Crippen LogP contribution in [0.1, 0.15) is 24.3 Å². The predicted molar refractivity (Wildman–Crippen MR) is 136 cm³/mol. The smallest absolute Gasteiger partial charge is 0.241 e. The zero-order chi connectivity index (χ0) is 25.7. The maximum Gasteiger partial charge on any atom is 0.241 e. The van der Waals surface area contributed by atoms with Gasteiger partial charge < -0.3 is 24.1 Å². The minimum Gasteiger partial charge on any atom is -0.493 e. The van der Waals surface area contributed by atoms with E-state index in [2.05, 4.69) is 20.4 Å². The molecule has 1 saturated heterocycles. The lowest BCUT2D eigenvalue weighted by molar-refractivity contribution is -0.126. The lowest BCUT2D eigenvalue weighted by Gasteiger charge is -2.30. The Balaban J connectivity index is 1.28. The molecule has 1 N–H and O–H groups in total. The number of carbonyl (C=O) groups is 1. The van der Waals surface area contributed by atoms with Crippen molar-refractivity contribution in [3.63, 3.8) is 0 Å². The van der Waals surface area contributed by atoms with E-state index >= 15 is 0 Å². The van der Waals surface area contributed by atoms with Crippen LogP contribution in [0.25, 0.3) is 11.4 Å². The van der Waals surface area contributed by atoms with Crippen molar-refractivity contribution in [3.05, 3.63) is 51.8 Å². The molecule has 0 bridgehead atoms. The molecule has 0 radical (unpaired) electrons. The van der Waals surface area contributed by atoms with E-state index in [-0.39, 0.29) is 11.8 Å². The number of rotatable bonds is 9. The Morgan fingerprint density at radius 1 is 1.08 bits per heavy atom. The molecule has 2 aromatic carbocycles. The number of aromatic nitrogens is 2. The molecule has 0 spiro atoms. The zero-order valence-corrected chi connectivity index (χ0v) is 21.9. The number of hydrogen-bond donors (Lipinski definition) is 1. The molecule has 2 heterocycles. The number of methoxy groups -OCH3 is 3. The number of benzene rings is 2. The molecule has 0 saturated carbocycles. The molecule has 192 valence electrons. The van der Waals surface area contributed by atoms with E-state index in [1.807, 2.05) is 12.1 Å². The molecule has 0 unspecified atom stereocenters. The molecule has 0 aliphatic carbocycles. The Labute approximate surface area is 219 Å². The highest BCUT2D eigenvalue weighted by Crippen LogP contribution is 2.38. The quantitative estimate of drug-likeness (QED) is 0.425. The number of piperidine rings is 1. The Morgan fingerprint density at radius 3 is 2.39 bits per heavy atom. The van der Waals surface area contributed by atoms with Crippen LogP contribution >= 0.6 is 23.2 Å². The van der Waals surface area contributed by atoms with Crippen molar-refractivity contribution in [2.45, 2.75) is 25.9 Å². The summed E-state index contributed by atoms with van der Waals surface area (Å²) < 4.78 is 21.5. The monoisotopic (exact) mass is 534 g/mol. The highest BCUT2D eigenvalue weighted by Gasteiger charge is 2.26. The van der Waals surface area contributed by atoms with Crippen LogP contribution in [0.15, 0.2) is 34.9 Å². The van der Waals surface area contributed by atoms with Gasteiger partial charge in [-0.1, -0.05) is 28.4 Å². The summed E-state index contributed by atoms with van der Waals surface area (Å²) in [5, 5.41) is 8.09. The average molecular weight is 535 g/mol. The van der Waals surface area contributed by atoms with Crippen molar-refractivity contribution in [2.75, 3.05) is 34.4 Å². The molecule has 1 aliphatic heterocycles. The van der Waals surface area contributed by atoms with Crippen LogP contribution in [-0.2, 0) is 17.9 Å².